The SMILES string of the molecule is O=S1(=O)CCC(N(CCCN2CCOCC2)S(=O)(=O)c2cnn(C3CCCC3)c2)C1. The molecule has 30 heavy (non-hydrogen) atoms. The number of rotatable bonds is 8. The summed E-state index contributed by atoms with van der Waals surface area (Å²) in [6, 6.07) is -0.241. The molecule has 0 N–H and O–H groups in total. The Morgan fingerprint density at radius 2 is 1.90 bits per heavy atom. The maximum absolute atomic E-state index is 13.5. The molecular formula is C19H32N4O5S2. The van der Waals surface area contributed by atoms with Crippen LogP contribution in [0.5, 0.6) is 0 Å². The van der Waals surface area contributed by atoms with E-state index in [1.54, 1.807) is 10.9 Å². The van der Waals surface area contributed by atoms with E-state index in [-0.39, 0.29) is 22.4 Å². The summed E-state index contributed by atoms with van der Waals surface area (Å²) in [7, 11) is -6.99. The maximum atomic E-state index is 13.5. The predicted octanol–water partition coefficient (Wildman–Crippen LogP) is 0.898. The van der Waals surface area contributed by atoms with E-state index in [4.69, 9.17) is 4.74 Å². The first-order valence-electron chi connectivity index (χ1n) is 10.9. The Morgan fingerprint density at radius 3 is 2.57 bits per heavy atom. The lowest BCUT2D eigenvalue weighted by molar-refractivity contribution is 0.0367. The largest absolute Gasteiger partial charge is 0.379 e. The molecule has 0 bridgehead atoms. The van der Waals surface area contributed by atoms with Crippen LogP contribution in [0.15, 0.2) is 17.3 Å². The highest BCUT2D eigenvalue weighted by Gasteiger charge is 2.39. The Labute approximate surface area is 179 Å². The standard InChI is InChI=1S/C19H32N4O5S2/c24-29(25)13-6-18(16-29)23(8-3-7-21-9-11-28-12-10-21)30(26,27)19-14-20-22(15-19)17-4-1-2-5-17/h14-15,17-18H,1-13,16H2. The summed E-state index contributed by atoms with van der Waals surface area (Å²) in [5.74, 6) is -0.0466. The lowest BCUT2D eigenvalue weighted by Crippen LogP contribution is -2.43. The van der Waals surface area contributed by atoms with Crippen LogP contribution < -0.4 is 0 Å². The van der Waals surface area contributed by atoms with Crippen LogP contribution in [0, 0.1) is 0 Å². The van der Waals surface area contributed by atoms with Crippen molar-refractivity contribution >= 4 is 19.9 Å². The van der Waals surface area contributed by atoms with Crippen LogP contribution >= 0.6 is 0 Å². The van der Waals surface area contributed by atoms with Crippen molar-refractivity contribution in [3.05, 3.63) is 12.4 Å². The molecule has 170 valence electrons. The quantitative estimate of drug-likeness (QED) is 0.568. The van der Waals surface area contributed by atoms with Gasteiger partial charge in [0.15, 0.2) is 9.84 Å². The summed E-state index contributed by atoms with van der Waals surface area (Å²) >= 11 is 0. The molecule has 1 saturated carbocycles. The summed E-state index contributed by atoms with van der Waals surface area (Å²) < 4.78 is 59.6. The van der Waals surface area contributed by atoms with Crippen molar-refractivity contribution in [1.29, 1.82) is 0 Å². The summed E-state index contributed by atoms with van der Waals surface area (Å²) in [6.07, 6.45) is 8.38. The van der Waals surface area contributed by atoms with Gasteiger partial charge in [-0.05, 0) is 32.2 Å². The average molecular weight is 461 g/mol. The number of aromatic nitrogens is 2. The van der Waals surface area contributed by atoms with Crippen molar-refractivity contribution in [1.82, 2.24) is 19.0 Å². The monoisotopic (exact) mass is 460 g/mol. The molecule has 1 atom stereocenters. The van der Waals surface area contributed by atoms with Crippen molar-refractivity contribution in [2.45, 2.75) is 55.5 Å². The Balaban J connectivity index is 1.49. The molecule has 0 aromatic carbocycles. The van der Waals surface area contributed by atoms with Gasteiger partial charge in [0.25, 0.3) is 0 Å². The van der Waals surface area contributed by atoms with E-state index >= 15 is 0 Å². The molecule has 1 unspecified atom stereocenters. The normalized spacial score (nSPS) is 26.0. The third-order valence-electron chi connectivity index (χ3n) is 6.46. The van der Waals surface area contributed by atoms with Gasteiger partial charge in [-0.1, -0.05) is 12.8 Å². The third-order valence-corrected chi connectivity index (χ3v) is 10.1. The van der Waals surface area contributed by atoms with Crippen LogP contribution in [0.25, 0.3) is 0 Å². The molecule has 3 aliphatic rings. The number of sulfone groups is 1. The fraction of sp³-hybridized carbons (Fsp3) is 0.842. The Bertz CT molecular complexity index is 918. The molecular weight excluding hydrogens is 428 g/mol. The van der Waals surface area contributed by atoms with Gasteiger partial charge in [-0.3, -0.25) is 9.58 Å². The third kappa shape index (κ3) is 5.07. The number of ether oxygens (including phenoxy) is 1. The zero-order valence-corrected chi connectivity index (χ0v) is 19.0. The molecule has 1 aromatic heterocycles. The maximum Gasteiger partial charge on any atom is 0.246 e. The minimum absolute atomic E-state index is 0.0501. The number of hydrogen-bond donors (Lipinski definition) is 0. The topological polar surface area (TPSA) is 102 Å². The lowest BCUT2D eigenvalue weighted by atomic mass is 10.2. The number of hydrogen-bond acceptors (Lipinski definition) is 7. The number of morpholine rings is 1. The molecule has 4 rings (SSSR count). The molecule has 0 radical (unpaired) electrons. The van der Waals surface area contributed by atoms with Crippen LogP contribution in [0.2, 0.25) is 0 Å². The van der Waals surface area contributed by atoms with Gasteiger partial charge in [0, 0.05) is 31.9 Å². The molecule has 3 heterocycles. The van der Waals surface area contributed by atoms with Crippen molar-refractivity contribution < 1.29 is 21.6 Å². The first kappa shape index (κ1) is 22.2. The van der Waals surface area contributed by atoms with Gasteiger partial charge in [-0.25, -0.2) is 16.8 Å². The predicted molar refractivity (Wildman–Crippen MR) is 113 cm³/mol. The molecule has 2 aliphatic heterocycles. The van der Waals surface area contributed by atoms with Gasteiger partial charge in [-0.2, -0.15) is 9.40 Å². The Morgan fingerprint density at radius 1 is 1.17 bits per heavy atom. The van der Waals surface area contributed by atoms with E-state index in [1.807, 2.05) is 0 Å². The highest BCUT2D eigenvalue weighted by atomic mass is 32.2. The van der Waals surface area contributed by atoms with E-state index in [0.717, 1.165) is 45.3 Å². The second kappa shape index (κ2) is 9.23. The average Bonchev–Trinajstić information content (AvgIpc) is 3.46. The van der Waals surface area contributed by atoms with E-state index in [2.05, 4.69) is 10.00 Å². The van der Waals surface area contributed by atoms with E-state index in [0.29, 0.717) is 32.6 Å². The van der Waals surface area contributed by atoms with Crippen molar-refractivity contribution in [3.63, 3.8) is 0 Å². The fourth-order valence-corrected chi connectivity index (χ4v) is 8.19. The molecule has 0 amide bonds. The zero-order chi connectivity index (χ0) is 21.2. The second-order valence-electron chi connectivity index (χ2n) is 8.57. The molecule has 1 aromatic rings. The number of nitrogens with zero attached hydrogens (tertiary/aromatic N) is 4. The minimum atomic E-state index is -3.80. The smallest absolute Gasteiger partial charge is 0.246 e. The van der Waals surface area contributed by atoms with Crippen LogP contribution in [0.4, 0.5) is 0 Å². The zero-order valence-electron chi connectivity index (χ0n) is 17.4. The summed E-state index contributed by atoms with van der Waals surface area (Å²) in [6.45, 7) is 4.18. The van der Waals surface area contributed by atoms with Crippen LogP contribution in [0.1, 0.15) is 44.6 Å². The van der Waals surface area contributed by atoms with Crippen molar-refractivity contribution in [2.24, 2.45) is 0 Å². The van der Waals surface area contributed by atoms with Gasteiger partial charge in [-0.15, -0.1) is 0 Å². The first-order valence-corrected chi connectivity index (χ1v) is 14.2. The molecule has 11 heteroatoms. The Kier molecular flexibility index (Phi) is 6.83. The van der Waals surface area contributed by atoms with Crippen molar-refractivity contribution in [2.75, 3.05) is 50.9 Å². The van der Waals surface area contributed by atoms with Crippen LogP contribution in [0.3, 0.4) is 0 Å². The summed E-state index contributed by atoms with van der Waals surface area (Å²) in [5.41, 5.74) is 0. The lowest BCUT2D eigenvalue weighted by Gasteiger charge is -2.30. The van der Waals surface area contributed by atoms with Gasteiger partial charge in [0.05, 0.1) is 37.0 Å². The molecule has 9 nitrogen and oxygen atoms in total. The van der Waals surface area contributed by atoms with E-state index in [9.17, 15) is 16.8 Å². The Hall–Kier alpha value is -1.01. The van der Waals surface area contributed by atoms with Gasteiger partial charge in [0.2, 0.25) is 10.0 Å². The van der Waals surface area contributed by atoms with Gasteiger partial charge in [0.1, 0.15) is 4.90 Å². The molecule has 0 spiro atoms. The second-order valence-corrected chi connectivity index (χ2v) is 12.7. The minimum Gasteiger partial charge on any atom is -0.379 e. The van der Waals surface area contributed by atoms with Gasteiger partial charge >= 0.3 is 0 Å². The molecule has 3 fully saturated rings. The number of sulfonamides is 1. The fourth-order valence-electron chi connectivity index (χ4n) is 4.73. The first-order chi connectivity index (χ1) is 14.4. The van der Waals surface area contributed by atoms with Gasteiger partial charge < -0.3 is 4.74 Å². The summed E-state index contributed by atoms with van der Waals surface area (Å²) in [5, 5.41) is 4.33. The van der Waals surface area contributed by atoms with Crippen LogP contribution in [-0.4, -0.2) is 92.8 Å². The highest BCUT2D eigenvalue weighted by molar-refractivity contribution is 7.92. The van der Waals surface area contributed by atoms with Crippen molar-refractivity contribution in [3.8, 4) is 0 Å². The molecule has 2 saturated heterocycles. The van der Waals surface area contributed by atoms with Crippen LogP contribution in [-0.2, 0) is 24.6 Å². The van der Waals surface area contributed by atoms with E-state index in [1.165, 1.54) is 10.5 Å². The highest BCUT2D eigenvalue weighted by Crippen LogP contribution is 2.31. The van der Waals surface area contributed by atoms with E-state index < -0.39 is 25.9 Å². The molecule has 1 aliphatic carbocycles. The summed E-state index contributed by atoms with van der Waals surface area (Å²) in [4.78, 5) is 2.43.